The van der Waals surface area contributed by atoms with Crippen molar-refractivity contribution in [2.24, 2.45) is 11.8 Å². The van der Waals surface area contributed by atoms with Gasteiger partial charge in [0.25, 0.3) is 0 Å². The van der Waals surface area contributed by atoms with E-state index in [2.05, 4.69) is 20.4 Å². The van der Waals surface area contributed by atoms with E-state index in [0.717, 1.165) is 18.8 Å². The number of benzene rings is 1. The molecule has 1 aromatic carbocycles. The molecule has 1 aliphatic heterocycles. The second kappa shape index (κ2) is 5.36. The molecule has 0 spiro atoms. The summed E-state index contributed by atoms with van der Waals surface area (Å²) in [6, 6.07) is 9.18. The van der Waals surface area contributed by atoms with Crippen LogP contribution >= 0.6 is 0 Å². The first-order valence-corrected chi connectivity index (χ1v) is 7.98. The molecule has 7 nitrogen and oxygen atoms in total. The number of nitrogens with one attached hydrogen (secondary N) is 1. The molecule has 4 rings (SSSR count). The van der Waals surface area contributed by atoms with Crippen molar-refractivity contribution in [3.63, 3.8) is 0 Å². The Kier molecular flexibility index (Phi) is 3.30. The zero-order valence-corrected chi connectivity index (χ0v) is 13.3. The number of nitrogens with zero attached hydrogens (tertiary/aromatic N) is 3. The minimum absolute atomic E-state index is 0.0212. The summed E-state index contributed by atoms with van der Waals surface area (Å²) in [6.45, 7) is 3.23. The third-order valence-electron chi connectivity index (χ3n) is 4.89. The fourth-order valence-corrected chi connectivity index (χ4v) is 3.64. The van der Waals surface area contributed by atoms with Gasteiger partial charge < -0.3 is 21.1 Å². The standard InChI is InChI=1S/C17H19N5O2/c1-9(23)19-16-11-7-22(8-12(11)16)14-6-13(20-21-17(14)18)10-4-2-3-5-15(10)24/h2-6,11-12,16,24H,7-8H2,1H3,(H2,18,21)(H,19,23)/t11-,12+,16?. The third-order valence-corrected chi connectivity index (χ3v) is 4.89. The first kappa shape index (κ1) is 14.7. The number of hydrogen-bond donors (Lipinski definition) is 3. The van der Waals surface area contributed by atoms with Gasteiger partial charge in [-0.05, 0) is 18.2 Å². The van der Waals surface area contributed by atoms with Gasteiger partial charge in [0.2, 0.25) is 5.91 Å². The lowest BCUT2D eigenvalue weighted by molar-refractivity contribution is -0.119. The van der Waals surface area contributed by atoms with Crippen molar-refractivity contribution < 1.29 is 9.90 Å². The molecule has 1 unspecified atom stereocenters. The van der Waals surface area contributed by atoms with Gasteiger partial charge in [-0.25, -0.2) is 0 Å². The Balaban J connectivity index is 1.56. The number of nitrogens with two attached hydrogens (primary N) is 1. The molecule has 2 aromatic rings. The van der Waals surface area contributed by atoms with Crippen LogP contribution in [0.2, 0.25) is 0 Å². The molecule has 1 amide bonds. The van der Waals surface area contributed by atoms with E-state index in [9.17, 15) is 9.90 Å². The maximum atomic E-state index is 11.2. The van der Waals surface area contributed by atoms with Gasteiger partial charge in [-0.1, -0.05) is 12.1 Å². The molecule has 2 heterocycles. The number of aromatic hydroxyl groups is 1. The van der Waals surface area contributed by atoms with Gasteiger partial charge in [0.05, 0.1) is 11.4 Å². The Hall–Kier alpha value is -2.83. The van der Waals surface area contributed by atoms with E-state index >= 15 is 0 Å². The molecule has 1 aromatic heterocycles. The van der Waals surface area contributed by atoms with Gasteiger partial charge in [0.15, 0.2) is 5.82 Å². The van der Waals surface area contributed by atoms with Crippen LogP contribution in [0.4, 0.5) is 11.5 Å². The predicted octanol–water partition coefficient (Wildman–Crippen LogP) is 1.00. The molecule has 1 aliphatic carbocycles. The number of fused-ring (bicyclic) bond motifs is 1. The maximum absolute atomic E-state index is 11.2. The molecule has 0 radical (unpaired) electrons. The molecule has 7 heteroatoms. The van der Waals surface area contributed by atoms with Crippen LogP contribution in [-0.4, -0.2) is 40.3 Å². The average molecular weight is 325 g/mol. The number of phenols is 1. The van der Waals surface area contributed by atoms with Crippen molar-refractivity contribution in [2.75, 3.05) is 23.7 Å². The normalized spacial score (nSPS) is 24.5. The van der Waals surface area contributed by atoms with Crippen molar-refractivity contribution in [3.05, 3.63) is 30.3 Å². The van der Waals surface area contributed by atoms with E-state index in [4.69, 9.17) is 5.73 Å². The molecular formula is C17H19N5O2. The lowest BCUT2D eigenvalue weighted by Gasteiger charge is -2.23. The highest BCUT2D eigenvalue weighted by Gasteiger charge is 2.56. The zero-order chi connectivity index (χ0) is 16.8. The minimum atomic E-state index is 0.0212. The summed E-state index contributed by atoms with van der Waals surface area (Å²) < 4.78 is 0. The summed E-state index contributed by atoms with van der Waals surface area (Å²) in [4.78, 5) is 13.4. The quantitative estimate of drug-likeness (QED) is 0.778. The average Bonchev–Trinajstić information content (AvgIpc) is 2.99. The number of anilines is 2. The number of nitrogen functional groups attached to an aromatic ring is 1. The Morgan fingerprint density at radius 1 is 1.29 bits per heavy atom. The summed E-state index contributed by atoms with van der Waals surface area (Å²) in [5, 5.41) is 21.2. The van der Waals surface area contributed by atoms with Crippen molar-refractivity contribution in [1.82, 2.24) is 15.5 Å². The third kappa shape index (κ3) is 2.42. The number of hydrogen-bond acceptors (Lipinski definition) is 6. The molecule has 0 bridgehead atoms. The van der Waals surface area contributed by atoms with Crippen LogP contribution in [0.15, 0.2) is 30.3 Å². The summed E-state index contributed by atoms with van der Waals surface area (Å²) in [5.41, 5.74) is 8.07. The zero-order valence-electron chi connectivity index (χ0n) is 13.3. The number of aromatic nitrogens is 2. The first-order valence-electron chi connectivity index (χ1n) is 7.98. The summed E-state index contributed by atoms with van der Waals surface area (Å²) in [6.07, 6.45) is 0. The van der Waals surface area contributed by atoms with E-state index in [1.165, 1.54) is 0 Å². The molecule has 124 valence electrons. The molecule has 4 N–H and O–H groups in total. The lowest BCUT2D eigenvalue weighted by atomic mass is 10.1. The van der Waals surface area contributed by atoms with Crippen LogP contribution < -0.4 is 16.0 Å². The van der Waals surface area contributed by atoms with Crippen LogP contribution in [0.5, 0.6) is 5.75 Å². The number of phenolic OH excluding ortho intramolecular Hbond substituents is 1. The molecule has 2 fully saturated rings. The van der Waals surface area contributed by atoms with Crippen molar-refractivity contribution in [3.8, 4) is 17.0 Å². The smallest absolute Gasteiger partial charge is 0.217 e. The summed E-state index contributed by atoms with van der Waals surface area (Å²) in [5.74, 6) is 1.50. The van der Waals surface area contributed by atoms with Gasteiger partial charge >= 0.3 is 0 Å². The van der Waals surface area contributed by atoms with Gasteiger partial charge in [-0.3, -0.25) is 4.79 Å². The van der Waals surface area contributed by atoms with Gasteiger partial charge in [0.1, 0.15) is 5.75 Å². The van der Waals surface area contributed by atoms with Crippen LogP contribution in [0.3, 0.4) is 0 Å². The van der Waals surface area contributed by atoms with Crippen LogP contribution in [-0.2, 0) is 4.79 Å². The fourth-order valence-electron chi connectivity index (χ4n) is 3.64. The van der Waals surface area contributed by atoms with Gasteiger partial charge in [0, 0.05) is 43.5 Å². The minimum Gasteiger partial charge on any atom is -0.507 e. The Morgan fingerprint density at radius 2 is 2.00 bits per heavy atom. The monoisotopic (exact) mass is 325 g/mol. The Morgan fingerprint density at radius 3 is 2.67 bits per heavy atom. The number of amides is 1. The molecule has 1 saturated heterocycles. The van der Waals surface area contributed by atoms with E-state index in [1.54, 1.807) is 25.1 Å². The number of carbonyl (C=O) groups excluding carboxylic acids is 1. The molecule has 1 saturated carbocycles. The fraction of sp³-hybridized carbons (Fsp3) is 0.353. The van der Waals surface area contributed by atoms with E-state index < -0.39 is 0 Å². The van der Waals surface area contributed by atoms with Crippen LogP contribution in [0.1, 0.15) is 6.92 Å². The second-order valence-electron chi connectivity index (χ2n) is 6.48. The van der Waals surface area contributed by atoms with Crippen molar-refractivity contribution in [2.45, 2.75) is 13.0 Å². The first-order chi connectivity index (χ1) is 11.5. The number of rotatable bonds is 3. The summed E-state index contributed by atoms with van der Waals surface area (Å²) in [7, 11) is 0. The van der Waals surface area contributed by atoms with E-state index in [1.807, 2.05) is 12.1 Å². The number of para-hydroxylation sites is 1. The number of piperidine rings is 1. The molecule has 2 aliphatic rings. The second-order valence-corrected chi connectivity index (χ2v) is 6.48. The highest BCUT2D eigenvalue weighted by molar-refractivity contribution is 5.75. The van der Waals surface area contributed by atoms with Gasteiger partial charge in [-0.15, -0.1) is 10.2 Å². The SMILES string of the molecule is CC(=O)NC1[C@H]2CN(c3cc(-c4ccccc4O)nnc3N)C[C@@H]12. The van der Waals surface area contributed by atoms with Crippen LogP contribution in [0, 0.1) is 11.8 Å². The number of carbonyl (C=O) groups is 1. The predicted molar refractivity (Wildman–Crippen MR) is 90.3 cm³/mol. The maximum Gasteiger partial charge on any atom is 0.217 e. The highest BCUT2D eigenvalue weighted by Crippen LogP contribution is 2.47. The Labute approximate surface area is 139 Å². The van der Waals surface area contributed by atoms with Crippen molar-refractivity contribution in [1.29, 1.82) is 0 Å². The summed E-state index contributed by atoms with van der Waals surface area (Å²) >= 11 is 0. The van der Waals surface area contributed by atoms with Crippen LogP contribution in [0.25, 0.3) is 11.3 Å². The largest absolute Gasteiger partial charge is 0.507 e. The molecule has 3 atom stereocenters. The van der Waals surface area contributed by atoms with E-state index in [-0.39, 0.29) is 17.7 Å². The molecular weight excluding hydrogens is 306 g/mol. The van der Waals surface area contributed by atoms with Gasteiger partial charge in [-0.2, -0.15) is 0 Å². The van der Waals surface area contributed by atoms with Crippen molar-refractivity contribution >= 4 is 17.4 Å². The highest BCUT2D eigenvalue weighted by atomic mass is 16.3. The lowest BCUT2D eigenvalue weighted by Crippen LogP contribution is -2.33. The Bertz CT molecular complexity index is 797. The van der Waals surface area contributed by atoms with E-state index in [0.29, 0.717) is 28.9 Å². The topological polar surface area (TPSA) is 104 Å². The molecule has 24 heavy (non-hydrogen) atoms.